The second-order valence-electron chi connectivity index (χ2n) is 12.9. The molecule has 6 heterocycles. The van der Waals surface area contributed by atoms with Crippen LogP contribution in [0.5, 0.6) is 0 Å². The highest BCUT2D eigenvalue weighted by molar-refractivity contribution is 7.30. The summed E-state index contributed by atoms with van der Waals surface area (Å²) in [5, 5.41) is 9.44. The van der Waals surface area contributed by atoms with Crippen LogP contribution in [0.4, 0.5) is 0 Å². The van der Waals surface area contributed by atoms with Gasteiger partial charge in [0.15, 0.2) is 0 Å². The number of fused-ring (bicyclic) bond motifs is 2. The molecule has 0 saturated carbocycles. The maximum atomic E-state index is 2.38. The lowest BCUT2D eigenvalue weighted by Crippen LogP contribution is -1.77. The van der Waals surface area contributed by atoms with Crippen molar-refractivity contribution in [3.05, 3.63) is 179 Å². The monoisotopic (exact) mass is 798 g/mol. The largest absolute Gasteiger partial charge is 0.143 e. The minimum Gasteiger partial charge on any atom is -0.143 e. The quantitative estimate of drug-likeness (QED) is 0.136. The normalized spacial score (nSPS) is 11.9. The van der Waals surface area contributed by atoms with Gasteiger partial charge in [-0.2, -0.15) is 0 Å². The Labute approximate surface area is 338 Å². The van der Waals surface area contributed by atoms with Gasteiger partial charge >= 0.3 is 0 Å². The second-order valence-corrected chi connectivity index (χ2v) is 19.0. The zero-order chi connectivity index (χ0) is 35.8. The topological polar surface area (TPSA) is 0 Å². The van der Waals surface area contributed by atoms with Crippen LogP contribution in [0.15, 0.2) is 156 Å². The first-order valence-electron chi connectivity index (χ1n) is 17.6. The molecule has 0 bridgehead atoms. The van der Waals surface area contributed by atoms with Crippen LogP contribution in [0.25, 0.3) is 94.6 Å². The first-order chi connectivity index (χ1) is 26.7. The van der Waals surface area contributed by atoms with Gasteiger partial charge in [0.2, 0.25) is 0 Å². The lowest BCUT2D eigenvalue weighted by atomic mass is 10.0. The van der Waals surface area contributed by atoms with E-state index in [2.05, 4.69) is 181 Å². The van der Waals surface area contributed by atoms with Crippen molar-refractivity contribution in [2.45, 2.75) is 0 Å². The molecule has 0 aliphatic rings. The number of hydrogen-bond donors (Lipinski definition) is 0. The van der Waals surface area contributed by atoms with Crippen LogP contribution in [0.2, 0.25) is 0 Å². The Morgan fingerprint density at radius 2 is 0.704 bits per heavy atom. The van der Waals surface area contributed by atoms with Gasteiger partial charge < -0.3 is 0 Å². The first kappa shape index (κ1) is 33.6. The predicted molar refractivity (Wildman–Crippen MR) is 247 cm³/mol. The Bertz CT molecular complexity index is 2720. The maximum Gasteiger partial charge on any atom is 0.0521 e. The Kier molecular flexibility index (Phi) is 9.17. The molecular formula is C48H30S6. The Balaban J connectivity index is 0.953. The van der Waals surface area contributed by atoms with E-state index >= 15 is 0 Å². The molecule has 0 radical (unpaired) electrons. The Morgan fingerprint density at radius 1 is 0.296 bits per heavy atom. The van der Waals surface area contributed by atoms with Gasteiger partial charge in [0, 0.05) is 39.0 Å². The molecule has 0 N–H and O–H groups in total. The van der Waals surface area contributed by atoms with Crippen LogP contribution in [-0.4, -0.2) is 0 Å². The van der Waals surface area contributed by atoms with Gasteiger partial charge in [-0.1, -0.05) is 121 Å². The molecule has 0 fully saturated rings. The molecule has 0 atom stereocenters. The maximum absolute atomic E-state index is 2.38. The van der Waals surface area contributed by atoms with Crippen LogP contribution >= 0.6 is 68.0 Å². The molecule has 0 saturated heterocycles. The van der Waals surface area contributed by atoms with Gasteiger partial charge in [-0.15, -0.1) is 68.0 Å². The van der Waals surface area contributed by atoms with Crippen molar-refractivity contribution in [3.8, 4) is 48.8 Å². The molecule has 10 aromatic rings. The van der Waals surface area contributed by atoms with E-state index in [0.717, 1.165) is 0 Å². The average Bonchev–Trinajstić information content (AvgIpc) is 4.07. The molecule has 4 aromatic carbocycles. The van der Waals surface area contributed by atoms with Crippen molar-refractivity contribution in [1.82, 2.24) is 0 Å². The summed E-state index contributed by atoms with van der Waals surface area (Å²) >= 11 is 11.2. The van der Waals surface area contributed by atoms with Gasteiger partial charge in [-0.25, -0.2) is 0 Å². The highest BCUT2D eigenvalue weighted by atomic mass is 32.1. The molecule has 10 rings (SSSR count). The summed E-state index contributed by atoms with van der Waals surface area (Å²) in [7, 11) is 0. The lowest BCUT2D eigenvalue weighted by molar-refractivity contribution is 1.71. The van der Waals surface area contributed by atoms with E-state index in [1.165, 1.54) is 92.6 Å². The Hall–Kier alpha value is -4.92. The zero-order valence-electron chi connectivity index (χ0n) is 28.8. The second kappa shape index (κ2) is 14.7. The molecule has 54 heavy (non-hydrogen) atoms. The molecule has 0 amide bonds. The van der Waals surface area contributed by atoms with Gasteiger partial charge in [0.25, 0.3) is 0 Å². The van der Waals surface area contributed by atoms with Crippen LogP contribution in [-0.2, 0) is 0 Å². The predicted octanol–water partition coefficient (Wildman–Crippen LogP) is 17.0. The molecule has 0 aliphatic heterocycles. The number of thiophene rings is 6. The molecule has 6 aromatic heterocycles. The smallest absolute Gasteiger partial charge is 0.0521 e. The van der Waals surface area contributed by atoms with Crippen molar-refractivity contribution in [2.75, 3.05) is 0 Å². The average molecular weight is 799 g/mol. The molecule has 0 spiro atoms. The third kappa shape index (κ3) is 6.60. The molecule has 6 heteroatoms. The van der Waals surface area contributed by atoms with Crippen molar-refractivity contribution < 1.29 is 0 Å². The molecule has 0 unspecified atom stereocenters. The van der Waals surface area contributed by atoms with Gasteiger partial charge in [-0.3, -0.25) is 0 Å². The van der Waals surface area contributed by atoms with E-state index in [9.17, 15) is 0 Å². The number of benzene rings is 4. The first-order valence-corrected chi connectivity index (χ1v) is 22.6. The van der Waals surface area contributed by atoms with E-state index in [1.807, 2.05) is 68.0 Å². The van der Waals surface area contributed by atoms with Crippen molar-refractivity contribution in [1.29, 1.82) is 0 Å². The zero-order valence-corrected chi connectivity index (χ0v) is 33.7. The summed E-state index contributed by atoms with van der Waals surface area (Å²) < 4.78 is 0. The molecule has 0 nitrogen and oxygen atoms in total. The summed E-state index contributed by atoms with van der Waals surface area (Å²) in [5.41, 5.74) is 5.02. The summed E-state index contributed by atoms with van der Waals surface area (Å²) in [4.78, 5) is 13.1. The van der Waals surface area contributed by atoms with Crippen LogP contribution in [0, 0.1) is 0 Å². The summed E-state index contributed by atoms with van der Waals surface area (Å²) in [5.74, 6) is 0. The lowest BCUT2D eigenvalue weighted by Gasteiger charge is -2.02. The van der Waals surface area contributed by atoms with Gasteiger partial charge in [-0.05, 0) is 103 Å². The fraction of sp³-hybridized carbons (Fsp3) is 0. The number of rotatable bonds is 9. The minimum atomic E-state index is 1.24. The van der Waals surface area contributed by atoms with Crippen molar-refractivity contribution in [2.24, 2.45) is 0 Å². The van der Waals surface area contributed by atoms with Crippen LogP contribution in [0.3, 0.4) is 0 Å². The summed E-state index contributed by atoms with van der Waals surface area (Å²) in [6.45, 7) is 0. The fourth-order valence-corrected chi connectivity index (χ4v) is 13.2. The standard InChI is InChI=1S/C48H30S6/c1-3-15-37-31(9-1)11-5-13-33(37)19-21-35-29-45(53-47(35)43-17-7-27-49-43)41-25-23-39(51-41)40-24-26-42(52-40)46-30-36(48(54-46)44-18-8-28-50-44)22-20-34-14-6-12-32-10-2-4-16-38(32)34/h1-30H/b21-19+,22-20+. The van der Waals surface area contributed by atoms with E-state index in [-0.39, 0.29) is 0 Å². The highest BCUT2D eigenvalue weighted by Gasteiger charge is 2.17. The third-order valence-corrected chi connectivity index (χ3v) is 16.6. The van der Waals surface area contributed by atoms with Crippen LogP contribution in [0.1, 0.15) is 22.3 Å². The van der Waals surface area contributed by atoms with Crippen LogP contribution < -0.4 is 0 Å². The number of hydrogen-bond acceptors (Lipinski definition) is 6. The van der Waals surface area contributed by atoms with E-state index < -0.39 is 0 Å². The highest BCUT2D eigenvalue weighted by Crippen LogP contribution is 2.48. The molecule has 258 valence electrons. The van der Waals surface area contributed by atoms with Crippen molar-refractivity contribution in [3.63, 3.8) is 0 Å². The van der Waals surface area contributed by atoms with E-state index in [1.54, 1.807) is 0 Å². The summed E-state index contributed by atoms with van der Waals surface area (Å²) in [6, 6.07) is 53.1. The third-order valence-electron chi connectivity index (χ3n) is 9.48. The Morgan fingerprint density at radius 3 is 1.15 bits per heavy atom. The van der Waals surface area contributed by atoms with E-state index in [4.69, 9.17) is 0 Å². The van der Waals surface area contributed by atoms with Gasteiger partial charge in [0.1, 0.15) is 0 Å². The van der Waals surface area contributed by atoms with Gasteiger partial charge in [0.05, 0.1) is 9.75 Å². The molecule has 0 aliphatic carbocycles. The van der Waals surface area contributed by atoms with E-state index in [0.29, 0.717) is 0 Å². The molecular weight excluding hydrogens is 769 g/mol. The van der Waals surface area contributed by atoms with Crippen molar-refractivity contribution >= 4 is 114 Å². The summed E-state index contributed by atoms with van der Waals surface area (Å²) in [6.07, 6.45) is 9.15. The SMILES string of the molecule is C(=C\c1cccc2ccccc12)/c1cc(-c2ccc(-c3ccc(-c4cc(/C=C/c5cccc6ccccc56)c(-c5cccs5)s4)s3)s2)sc1-c1cccs1. The fourth-order valence-electron chi connectivity index (χ4n) is 6.86. The minimum absolute atomic E-state index is 1.24.